The van der Waals surface area contributed by atoms with E-state index >= 15 is 0 Å². The minimum Gasteiger partial charge on any atom is -0.508 e. The Balaban J connectivity index is 2.77. The molecule has 2 rings (SSSR count). The summed E-state index contributed by atoms with van der Waals surface area (Å²) in [5.41, 5.74) is 5.08. The van der Waals surface area contributed by atoms with E-state index < -0.39 is 0 Å². The maximum absolute atomic E-state index is 11.4. The van der Waals surface area contributed by atoms with Crippen molar-refractivity contribution in [3.05, 3.63) is 58.1 Å². The summed E-state index contributed by atoms with van der Waals surface area (Å²) in [4.78, 5) is 0. The standard InChI is InChI=1S/C26H38O2/c1-17-14-20(25(5,6)7)23(28)19(15-18-12-10-11-13-21(18)27)22(17)26(8,9)16-24(2,3)4/h10-14,27-28H,15-16H2,1-9H3. The van der Waals surface area contributed by atoms with E-state index in [2.05, 4.69) is 68.4 Å². The number of rotatable bonds is 4. The van der Waals surface area contributed by atoms with Gasteiger partial charge in [-0.2, -0.15) is 0 Å². The van der Waals surface area contributed by atoms with Crippen molar-refractivity contribution in [2.45, 2.75) is 86.0 Å². The van der Waals surface area contributed by atoms with Crippen molar-refractivity contribution < 1.29 is 10.2 Å². The van der Waals surface area contributed by atoms with Crippen molar-refractivity contribution in [2.24, 2.45) is 5.41 Å². The Hall–Kier alpha value is -1.96. The second-order valence-corrected chi connectivity index (χ2v) is 11.1. The third-order valence-corrected chi connectivity index (χ3v) is 5.41. The molecule has 2 aromatic rings. The molecule has 2 N–H and O–H groups in total. The third-order valence-electron chi connectivity index (χ3n) is 5.41. The van der Waals surface area contributed by atoms with Crippen molar-refractivity contribution >= 4 is 0 Å². The van der Waals surface area contributed by atoms with Crippen LogP contribution in [0.3, 0.4) is 0 Å². The number of phenols is 2. The Morgan fingerprint density at radius 1 is 0.857 bits per heavy atom. The first-order valence-corrected chi connectivity index (χ1v) is 10.3. The van der Waals surface area contributed by atoms with Crippen LogP contribution in [-0.4, -0.2) is 10.2 Å². The number of hydrogen-bond donors (Lipinski definition) is 2. The first kappa shape index (κ1) is 22.3. The smallest absolute Gasteiger partial charge is 0.123 e. The fourth-order valence-corrected chi connectivity index (χ4v) is 4.83. The number of benzene rings is 2. The molecule has 0 bridgehead atoms. The number of phenolic OH excluding ortho intramolecular Hbond substituents is 2. The minimum absolute atomic E-state index is 0.101. The van der Waals surface area contributed by atoms with Crippen LogP contribution in [0.2, 0.25) is 0 Å². The van der Waals surface area contributed by atoms with Gasteiger partial charge in [0, 0.05) is 12.0 Å². The number of para-hydroxylation sites is 1. The van der Waals surface area contributed by atoms with Gasteiger partial charge in [0.05, 0.1) is 0 Å². The number of aromatic hydroxyl groups is 2. The second-order valence-electron chi connectivity index (χ2n) is 11.1. The molecule has 2 aromatic carbocycles. The average Bonchev–Trinajstić information content (AvgIpc) is 2.48. The lowest BCUT2D eigenvalue weighted by Crippen LogP contribution is -2.28. The lowest BCUT2D eigenvalue weighted by molar-refractivity contribution is 0.281. The molecule has 0 unspecified atom stereocenters. The fourth-order valence-electron chi connectivity index (χ4n) is 4.83. The highest BCUT2D eigenvalue weighted by Gasteiger charge is 2.34. The molecule has 28 heavy (non-hydrogen) atoms. The van der Waals surface area contributed by atoms with Crippen LogP contribution in [-0.2, 0) is 17.3 Å². The van der Waals surface area contributed by atoms with Gasteiger partial charge in [0.1, 0.15) is 11.5 Å². The number of aryl methyl sites for hydroxylation is 1. The molecule has 154 valence electrons. The predicted molar refractivity (Wildman–Crippen MR) is 120 cm³/mol. The average molecular weight is 383 g/mol. The first-order valence-electron chi connectivity index (χ1n) is 10.3. The number of hydrogen-bond acceptors (Lipinski definition) is 2. The zero-order valence-corrected chi connectivity index (χ0v) is 19.2. The molecule has 0 saturated heterocycles. The van der Waals surface area contributed by atoms with Gasteiger partial charge in [0.25, 0.3) is 0 Å². The van der Waals surface area contributed by atoms with Gasteiger partial charge in [-0.15, -0.1) is 0 Å². The summed E-state index contributed by atoms with van der Waals surface area (Å²) in [6.45, 7) is 19.9. The molecule has 2 heteroatoms. The van der Waals surface area contributed by atoms with E-state index in [1.807, 2.05) is 18.2 Å². The van der Waals surface area contributed by atoms with Gasteiger partial charge in [-0.05, 0) is 57.9 Å². The van der Waals surface area contributed by atoms with Crippen LogP contribution in [0.15, 0.2) is 30.3 Å². The topological polar surface area (TPSA) is 40.5 Å². The highest BCUT2D eigenvalue weighted by Crippen LogP contribution is 2.46. The van der Waals surface area contributed by atoms with Crippen molar-refractivity contribution in [1.82, 2.24) is 0 Å². The summed E-state index contributed by atoms with van der Waals surface area (Å²) in [7, 11) is 0. The SMILES string of the molecule is Cc1cc(C(C)(C)C)c(O)c(Cc2ccccc2O)c1C(C)(C)CC(C)(C)C. The Morgan fingerprint density at radius 2 is 1.43 bits per heavy atom. The summed E-state index contributed by atoms with van der Waals surface area (Å²) in [6.07, 6.45) is 1.52. The molecule has 0 spiro atoms. The largest absolute Gasteiger partial charge is 0.508 e. The van der Waals surface area contributed by atoms with Crippen molar-refractivity contribution in [1.29, 1.82) is 0 Å². The second kappa shape index (κ2) is 7.46. The molecule has 0 aliphatic rings. The highest BCUT2D eigenvalue weighted by atomic mass is 16.3. The maximum Gasteiger partial charge on any atom is 0.123 e. The van der Waals surface area contributed by atoms with Crippen LogP contribution in [0.5, 0.6) is 11.5 Å². The zero-order valence-electron chi connectivity index (χ0n) is 19.2. The van der Waals surface area contributed by atoms with Gasteiger partial charge in [0.15, 0.2) is 0 Å². The van der Waals surface area contributed by atoms with Crippen LogP contribution in [0, 0.1) is 12.3 Å². The Morgan fingerprint density at radius 3 is 1.93 bits per heavy atom. The van der Waals surface area contributed by atoms with Crippen molar-refractivity contribution in [2.75, 3.05) is 0 Å². The summed E-state index contributed by atoms with van der Waals surface area (Å²) < 4.78 is 0. The molecular formula is C26H38O2. The quantitative estimate of drug-likeness (QED) is 0.597. The highest BCUT2D eigenvalue weighted by molar-refractivity contribution is 5.56. The monoisotopic (exact) mass is 382 g/mol. The van der Waals surface area contributed by atoms with E-state index in [9.17, 15) is 10.2 Å². The Kier molecular flexibility index (Phi) is 5.95. The van der Waals surface area contributed by atoms with Crippen LogP contribution in [0.4, 0.5) is 0 Å². The van der Waals surface area contributed by atoms with Crippen LogP contribution in [0.1, 0.15) is 89.6 Å². The molecule has 0 amide bonds. The van der Waals surface area contributed by atoms with Gasteiger partial charge in [-0.3, -0.25) is 0 Å². The summed E-state index contributed by atoms with van der Waals surface area (Å²) in [6, 6.07) is 9.58. The molecule has 0 aliphatic heterocycles. The van der Waals surface area contributed by atoms with E-state index in [4.69, 9.17) is 0 Å². The molecule has 0 heterocycles. The van der Waals surface area contributed by atoms with Gasteiger partial charge >= 0.3 is 0 Å². The molecular weight excluding hydrogens is 344 g/mol. The van der Waals surface area contributed by atoms with Crippen LogP contribution in [0.25, 0.3) is 0 Å². The summed E-state index contributed by atoms with van der Waals surface area (Å²) in [5.74, 6) is 0.652. The molecule has 0 aliphatic carbocycles. The van der Waals surface area contributed by atoms with E-state index in [-0.39, 0.29) is 22.0 Å². The van der Waals surface area contributed by atoms with Gasteiger partial charge in [0.2, 0.25) is 0 Å². The molecule has 0 aromatic heterocycles. The van der Waals surface area contributed by atoms with E-state index in [0.29, 0.717) is 12.2 Å². The summed E-state index contributed by atoms with van der Waals surface area (Å²) in [5, 5.41) is 21.7. The molecule has 0 radical (unpaired) electrons. The van der Waals surface area contributed by atoms with Crippen LogP contribution >= 0.6 is 0 Å². The molecule has 0 saturated carbocycles. The lowest BCUT2D eigenvalue weighted by Gasteiger charge is -2.37. The maximum atomic E-state index is 11.4. The molecule has 0 fully saturated rings. The third kappa shape index (κ3) is 4.90. The predicted octanol–water partition coefficient (Wildman–Crippen LogP) is 7.01. The Bertz CT molecular complexity index is 846. The lowest BCUT2D eigenvalue weighted by atomic mass is 9.68. The van der Waals surface area contributed by atoms with Gasteiger partial charge < -0.3 is 10.2 Å². The first-order chi connectivity index (χ1) is 12.6. The molecule has 0 atom stereocenters. The van der Waals surface area contributed by atoms with E-state index in [0.717, 1.165) is 23.1 Å². The Labute approximate surface area is 171 Å². The van der Waals surface area contributed by atoms with Crippen molar-refractivity contribution in [3.63, 3.8) is 0 Å². The van der Waals surface area contributed by atoms with Crippen molar-refractivity contribution in [3.8, 4) is 11.5 Å². The normalized spacial score (nSPS) is 13.0. The fraction of sp³-hybridized carbons (Fsp3) is 0.538. The van der Waals surface area contributed by atoms with Gasteiger partial charge in [-0.1, -0.05) is 79.7 Å². The van der Waals surface area contributed by atoms with Crippen LogP contribution < -0.4 is 0 Å². The zero-order chi connectivity index (χ0) is 21.5. The van der Waals surface area contributed by atoms with E-state index in [1.165, 1.54) is 11.1 Å². The van der Waals surface area contributed by atoms with E-state index in [1.54, 1.807) is 6.07 Å². The minimum atomic E-state index is -0.158. The molecule has 2 nitrogen and oxygen atoms in total. The van der Waals surface area contributed by atoms with Gasteiger partial charge in [-0.25, -0.2) is 0 Å². The summed E-state index contributed by atoms with van der Waals surface area (Å²) >= 11 is 0.